The molecule has 0 bridgehead atoms. The van der Waals surface area contributed by atoms with Crippen LogP contribution in [0.25, 0.3) is 11.4 Å². The van der Waals surface area contributed by atoms with Gasteiger partial charge in [-0.1, -0.05) is 0 Å². The number of hydrogen-bond acceptors (Lipinski definition) is 6. The molecule has 1 aromatic carbocycles. The zero-order valence-electron chi connectivity index (χ0n) is 13.4. The first-order chi connectivity index (χ1) is 11.9. The van der Waals surface area contributed by atoms with Crippen LogP contribution in [0.2, 0.25) is 0 Å². The number of halogens is 1. The molecule has 0 saturated carbocycles. The maximum absolute atomic E-state index is 12.9. The Hall–Kier alpha value is -2.36. The molecule has 2 heterocycles. The van der Waals surface area contributed by atoms with E-state index in [2.05, 4.69) is 20.7 Å². The fraction of sp³-hybridized carbons (Fsp3) is 0.467. The van der Waals surface area contributed by atoms with Gasteiger partial charge in [-0.05, 0) is 42.3 Å². The summed E-state index contributed by atoms with van der Waals surface area (Å²) in [7, 11) is -3.00. The average Bonchev–Trinajstić information content (AvgIpc) is 3.15. The van der Waals surface area contributed by atoms with Gasteiger partial charge in [0.1, 0.15) is 5.82 Å². The van der Waals surface area contributed by atoms with Crippen molar-refractivity contribution in [2.24, 2.45) is 0 Å². The van der Waals surface area contributed by atoms with Gasteiger partial charge in [0.05, 0.1) is 18.1 Å². The van der Waals surface area contributed by atoms with Crippen molar-refractivity contribution >= 4 is 15.7 Å². The highest BCUT2D eigenvalue weighted by atomic mass is 32.2. The molecule has 10 heteroatoms. The van der Waals surface area contributed by atoms with Crippen molar-refractivity contribution in [2.75, 3.05) is 11.5 Å². The molecule has 1 N–H and O–H groups in total. The minimum atomic E-state index is -3.00. The Balaban J connectivity index is 1.45. The second-order valence-electron chi connectivity index (χ2n) is 5.99. The molecule has 1 aliphatic rings. The normalized spacial score (nSPS) is 19.0. The van der Waals surface area contributed by atoms with Crippen LogP contribution in [0.1, 0.15) is 19.3 Å². The van der Waals surface area contributed by atoms with Gasteiger partial charge in [0.2, 0.25) is 11.7 Å². The zero-order chi connectivity index (χ0) is 17.9. The van der Waals surface area contributed by atoms with Crippen LogP contribution in [0.4, 0.5) is 4.39 Å². The van der Waals surface area contributed by atoms with E-state index in [4.69, 9.17) is 0 Å². The Morgan fingerprint density at radius 1 is 1.32 bits per heavy atom. The predicted molar refractivity (Wildman–Crippen MR) is 87.6 cm³/mol. The Labute approximate surface area is 144 Å². The largest absolute Gasteiger partial charge is 0.352 e. The third-order valence-electron chi connectivity index (χ3n) is 3.91. The van der Waals surface area contributed by atoms with Crippen molar-refractivity contribution in [2.45, 2.75) is 31.8 Å². The Kier molecular flexibility index (Phi) is 5.07. The number of sulfone groups is 1. The fourth-order valence-corrected chi connectivity index (χ4v) is 4.32. The van der Waals surface area contributed by atoms with E-state index in [-0.39, 0.29) is 35.7 Å². The zero-order valence-corrected chi connectivity index (χ0v) is 14.2. The first kappa shape index (κ1) is 17.5. The van der Waals surface area contributed by atoms with Gasteiger partial charge in [-0.2, -0.15) is 4.80 Å². The molecule has 134 valence electrons. The molecule has 1 aliphatic heterocycles. The van der Waals surface area contributed by atoms with Gasteiger partial charge in [-0.15, -0.1) is 10.2 Å². The van der Waals surface area contributed by atoms with Gasteiger partial charge in [0, 0.05) is 18.0 Å². The molecule has 8 nitrogen and oxygen atoms in total. The summed E-state index contributed by atoms with van der Waals surface area (Å²) >= 11 is 0. The lowest BCUT2D eigenvalue weighted by Gasteiger charge is -2.10. The van der Waals surface area contributed by atoms with Gasteiger partial charge in [0.25, 0.3) is 0 Å². The number of nitrogens with one attached hydrogen (secondary N) is 1. The summed E-state index contributed by atoms with van der Waals surface area (Å²) in [5, 5.41) is 14.7. The third-order valence-corrected chi connectivity index (χ3v) is 5.68. The number of carbonyl (C=O) groups is 1. The molecule has 25 heavy (non-hydrogen) atoms. The SMILES string of the molecule is O=C(CCCn1nnc(-c2ccc(F)cc2)n1)N[C@H]1CCS(=O)(=O)C1. The van der Waals surface area contributed by atoms with Crippen LogP contribution in [-0.4, -0.2) is 52.1 Å². The minimum Gasteiger partial charge on any atom is -0.352 e. The number of aryl methyl sites for hydroxylation is 1. The number of rotatable bonds is 6. The highest BCUT2D eigenvalue weighted by Gasteiger charge is 2.28. The second kappa shape index (κ2) is 7.26. The maximum atomic E-state index is 12.9. The van der Waals surface area contributed by atoms with Gasteiger partial charge >= 0.3 is 0 Å². The summed E-state index contributed by atoms with van der Waals surface area (Å²) in [5.41, 5.74) is 0.660. The van der Waals surface area contributed by atoms with Gasteiger partial charge in [0.15, 0.2) is 9.84 Å². The lowest BCUT2D eigenvalue weighted by Crippen LogP contribution is -2.35. The number of hydrogen-bond donors (Lipinski definition) is 1. The monoisotopic (exact) mass is 367 g/mol. The van der Waals surface area contributed by atoms with E-state index < -0.39 is 9.84 Å². The molecule has 1 amide bonds. The summed E-state index contributed by atoms with van der Waals surface area (Å²) in [6.45, 7) is 0.407. The van der Waals surface area contributed by atoms with Crippen molar-refractivity contribution in [1.29, 1.82) is 0 Å². The Morgan fingerprint density at radius 2 is 2.08 bits per heavy atom. The van der Waals surface area contributed by atoms with Crippen LogP contribution in [0.3, 0.4) is 0 Å². The van der Waals surface area contributed by atoms with Crippen LogP contribution in [0.15, 0.2) is 24.3 Å². The lowest BCUT2D eigenvalue weighted by molar-refractivity contribution is -0.121. The van der Waals surface area contributed by atoms with E-state index >= 15 is 0 Å². The lowest BCUT2D eigenvalue weighted by atomic mass is 10.2. The van der Waals surface area contributed by atoms with E-state index in [1.807, 2.05) is 0 Å². The molecule has 0 radical (unpaired) electrons. The number of benzene rings is 1. The van der Waals surface area contributed by atoms with E-state index in [0.29, 0.717) is 30.8 Å². The maximum Gasteiger partial charge on any atom is 0.220 e. The van der Waals surface area contributed by atoms with E-state index in [1.54, 1.807) is 12.1 Å². The Morgan fingerprint density at radius 3 is 2.76 bits per heavy atom. The number of aromatic nitrogens is 4. The van der Waals surface area contributed by atoms with Crippen molar-refractivity contribution in [3.05, 3.63) is 30.1 Å². The summed E-state index contributed by atoms with van der Waals surface area (Å²) in [4.78, 5) is 13.2. The van der Waals surface area contributed by atoms with Crippen LogP contribution < -0.4 is 5.32 Å². The van der Waals surface area contributed by atoms with Gasteiger partial charge in [-0.3, -0.25) is 4.79 Å². The molecule has 0 unspecified atom stereocenters. The summed E-state index contributed by atoms with van der Waals surface area (Å²) < 4.78 is 35.6. The number of amides is 1. The Bertz CT molecular complexity index is 850. The smallest absolute Gasteiger partial charge is 0.220 e. The predicted octanol–water partition coefficient (Wildman–Crippen LogP) is 0.563. The van der Waals surface area contributed by atoms with Crippen molar-refractivity contribution in [1.82, 2.24) is 25.5 Å². The average molecular weight is 367 g/mol. The van der Waals surface area contributed by atoms with Crippen LogP contribution in [0.5, 0.6) is 0 Å². The minimum absolute atomic E-state index is 0.0183. The number of carbonyl (C=O) groups excluding carboxylic acids is 1. The van der Waals surface area contributed by atoms with Crippen molar-refractivity contribution in [3.8, 4) is 11.4 Å². The van der Waals surface area contributed by atoms with Gasteiger partial charge < -0.3 is 5.32 Å². The molecule has 1 fully saturated rings. The topological polar surface area (TPSA) is 107 Å². The fourth-order valence-electron chi connectivity index (χ4n) is 2.64. The van der Waals surface area contributed by atoms with E-state index in [1.165, 1.54) is 16.9 Å². The molecule has 1 atom stereocenters. The summed E-state index contributed by atoms with van der Waals surface area (Å²) in [6.07, 6.45) is 1.23. The highest BCUT2D eigenvalue weighted by Crippen LogP contribution is 2.14. The third kappa shape index (κ3) is 4.81. The highest BCUT2D eigenvalue weighted by molar-refractivity contribution is 7.91. The molecule has 1 saturated heterocycles. The molecular weight excluding hydrogens is 349 g/mol. The first-order valence-electron chi connectivity index (χ1n) is 7.95. The van der Waals surface area contributed by atoms with Crippen LogP contribution in [-0.2, 0) is 21.2 Å². The summed E-state index contributed by atoms with van der Waals surface area (Å²) in [5.74, 6) is 0.0241. The summed E-state index contributed by atoms with van der Waals surface area (Å²) in [6, 6.07) is 5.50. The van der Waals surface area contributed by atoms with Gasteiger partial charge in [-0.25, -0.2) is 12.8 Å². The second-order valence-corrected chi connectivity index (χ2v) is 8.22. The quantitative estimate of drug-likeness (QED) is 0.800. The van der Waals surface area contributed by atoms with Crippen LogP contribution in [0, 0.1) is 5.82 Å². The molecule has 0 aliphatic carbocycles. The van der Waals surface area contributed by atoms with Crippen molar-refractivity contribution in [3.63, 3.8) is 0 Å². The molecule has 3 rings (SSSR count). The number of nitrogens with zero attached hydrogens (tertiary/aromatic N) is 4. The first-order valence-corrected chi connectivity index (χ1v) is 9.77. The van der Waals surface area contributed by atoms with Crippen LogP contribution >= 0.6 is 0 Å². The molecule has 0 spiro atoms. The van der Waals surface area contributed by atoms with Crippen molar-refractivity contribution < 1.29 is 17.6 Å². The van der Waals surface area contributed by atoms with E-state index in [9.17, 15) is 17.6 Å². The molecular formula is C15H18FN5O3S. The molecule has 2 aromatic rings. The standard InChI is InChI=1S/C15H18FN5O3S/c16-12-5-3-11(4-6-12)15-18-20-21(19-15)8-1-2-14(22)17-13-7-9-25(23,24)10-13/h3-6,13H,1-2,7-10H2,(H,17,22)/t13-/m0/s1. The molecule has 1 aromatic heterocycles. The van der Waals surface area contributed by atoms with E-state index in [0.717, 1.165) is 0 Å². The number of tetrazole rings is 1.